The number of nitrogens with zero attached hydrogens (tertiary/aromatic N) is 4. The van der Waals surface area contributed by atoms with E-state index in [1.54, 1.807) is 0 Å². The molecule has 12 aromatic rings. The summed E-state index contributed by atoms with van der Waals surface area (Å²) in [5.41, 5.74) is 18.9. The van der Waals surface area contributed by atoms with Crippen molar-refractivity contribution < 1.29 is 0 Å². The maximum absolute atomic E-state index is 5.15. The molecule has 0 spiro atoms. The van der Waals surface area contributed by atoms with Gasteiger partial charge in [0.15, 0.2) is 11.6 Å². The van der Waals surface area contributed by atoms with E-state index in [4.69, 9.17) is 19.9 Å². The number of rotatable bonds is 10. The average molecular weight is 893 g/mol. The van der Waals surface area contributed by atoms with Crippen LogP contribution in [0.5, 0.6) is 0 Å². The molecule has 0 fully saturated rings. The molecule has 0 bridgehead atoms. The van der Waals surface area contributed by atoms with Crippen LogP contribution in [-0.2, 0) is 0 Å². The highest BCUT2D eigenvalue weighted by Crippen LogP contribution is 2.38. The first kappa shape index (κ1) is 42.0. The minimum absolute atomic E-state index is 0.685. The SMILES string of the molecule is c1ccc(-c2ccc(-c3cc(-c4ccccc4)nc(-c4ccc(-c5cccc6c(-c7ccc(-c8nc(-c9ccccc9)cc(-c9ccc(-c%10ccccc%10)cc9)n8)cc7)cccc56)cc4)n3)cc2)cc1. The van der Waals surface area contributed by atoms with Crippen molar-refractivity contribution in [2.75, 3.05) is 0 Å². The minimum atomic E-state index is 0.685. The third-order valence-corrected chi connectivity index (χ3v) is 13.0. The first-order chi connectivity index (χ1) is 34.7. The Morgan fingerprint density at radius 1 is 0.171 bits per heavy atom. The van der Waals surface area contributed by atoms with E-state index in [-0.39, 0.29) is 0 Å². The van der Waals surface area contributed by atoms with Crippen LogP contribution in [0.2, 0.25) is 0 Å². The molecule has 0 atom stereocenters. The number of fused-ring (bicyclic) bond motifs is 1. The lowest BCUT2D eigenvalue weighted by Gasteiger charge is -2.13. The van der Waals surface area contributed by atoms with Crippen molar-refractivity contribution in [3.8, 4) is 112 Å². The van der Waals surface area contributed by atoms with Gasteiger partial charge in [0.2, 0.25) is 0 Å². The number of hydrogen-bond acceptors (Lipinski definition) is 4. The molecule has 0 aliphatic carbocycles. The largest absolute Gasteiger partial charge is 0.228 e. The van der Waals surface area contributed by atoms with Gasteiger partial charge in [-0.05, 0) is 67.4 Å². The van der Waals surface area contributed by atoms with Crippen LogP contribution in [0.1, 0.15) is 0 Å². The second kappa shape index (κ2) is 18.7. The summed E-state index contributed by atoms with van der Waals surface area (Å²) in [5, 5.41) is 2.37. The molecular weight excluding hydrogens is 849 g/mol. The molecule has 0 saturated carbocycles. The van der Waals surface area contributed by atoms with E-state index in [2.05, 4.69) is 243 Å². The molecule has 4 heteroatoms. The van der Waals surface area contributed by atoms with Crippen molar-refractivity contribution in [2.24, 2.45) is 0 Å². The summed E-state index contributed by atoms with van der Waals surface area (Å²) in [4.78, 5) is 20.5. The Kier molecular flexibility index (Phi) is 11.2. The van der Waals surface area contributed by atoms with E-state index in [1.165, 1.54) is 33.0 Å². The predicted octanol–water partition coefficient (Wildman–Crippen LogP) is 17.1. The molecule has 70 heavy (non-hydrogen) atoms. The third kappa shape index (κ3) is 8.58. The molecule has 0 aliphatic heterocycles. The van der Waals surface area contributed by atoms with Gasteiger partial charge in [0.25, 0.3) is 0 Å². The molecule has 0 aliphatic rings. The lowest BCUT2D eigenvalue weighted by molar-refractivity contribution is 1.18. The maximum Gasteiger partial charge on any atom is 0.160 e. The summed E-state index contributed by atoms with van der Waals surface area (Å²) in [7, 11) is 0. The minimum Gasteiger partial charge on any atom is -0.228 e. The van der Waals surface area contributed by atoms with Crippen molar-refractivity contribution in [3.63, 3.8) is 0 Å². The molecule has 2 aromatic heterocycles. The van der Waals surface area contributed by atoms with Gasteiger partial charge in [0.1, 0.15) is 0 Å². The highest BCUT2D eigenvalue weighted by Gasteiger charge is 2.15. The van der Waals surface area contributed by atoms with Crippen molar-refractivity contribution in [2.45, 2.75) is 0 Å². The lowest BCUT2D eigenvalue weighted by atomic mass is 9.92. The molecule has 0 amide bonds. The topological polar surface area (TPSA) is 51.6 Å². The third-order valence-electron chi connectivity index (χ3n) is 13.0. The zero-order valence-corrected chi connectivity index (χ0v) is 38.2. The van der Waals surface area contributed by atoms with Gasteiger partial charge in [-0.3, -0.25) is 0 Å². The maximum atomic E-state index is 5.15. The highest BCUT2D eigenvalue weighted by molar-refractivity contribution is 6.04. The molecule has 0 radical (unpaired) electrons. The summed E-state index contributed by atoms with van der Waals surface area (Å²) in [6.07, 6.45) is 0. The molecule has 0 N–H and O–H groups in total. The van der Waals surface area contributed by atoms with Crippen LogP contribution in [0.25, 0.3) is 123 Å². The Labute approximate surface area is 408 Å². The van der Waals surface area contributed by atoms with Crippen LogP contribution in [0.3, 0.4) is 0 Å². The van der Waals surface area contributed by atoms with E-state index in [0.717, 1.165) is 78.4 Å². The zero-order valence-electron chi connectivity index (χ0n) is 38.2. The first-order valence-electron chi connectivity index (χ1n) is 23.6. The van der Waals surface area contributed by atoms with Gasteiger partial charge in [-0.2, -0.15) is 0 Å². The summed E-state index contributed by atoms with van der Waals surface area (Å²) >= 11 is 0. The van der Waals surface area contributed by atoms with Gasteiger partial charge in [0, 0.05) is 33.4 Å². The van der Waals surface area contributed by atoms with Crippen molar-refractivity contribution in [1.29, 1.82) is 0 Å². The molecular formula is C66H44N4. The monoisotopic (exact) mass is 892 g/mol. The predicted molar refractivity (Wildman–Crippen MR) is 289 cm³/mol. The van der Waals surface area contributed by atoms with Crippen molar-refractivity contribution >= 4 is 10.8 Å². The summed E-state index contributed by atoms with van der Waals surface area (Å²) < 4.78 is 0. The summed E-state index contributed by atoms with van der Waals surface area (Å²) in [6, 6.07) is 93.5. The normalized spacial score (nSPS) is 11.1. The van der Waals surface area contributed by atoms with Crippen LogP contribution in [0, 0.1) is 0 Å². The molecule has 4 nitrogen and oxygen atoms in total. The molecule has 2 heterocycles. The fourth-order valence-electron chi connectivity index (χ4n) is 9.30. The van der Waals surface area contributed by atoms with Gasteiger partial charge in [0.05, 0.1) is 22.8 Å². The van der Waals surface area contributed by atoms with Gasteiger partial charge >= 0.3 is 0 Å². The van der Waals surface area contributed by atoms with Crippen LogP contribution in [0.15, 0.2) is 267 Å². The van der Waals surface area contributed by atoms with E-state index < -0.39 is 0 Å². The van der Waals surface area contributed by atoms with E-state index in [9.17, 15) is 0 Å². The zero-order chi connectivity index (χ0) is 46.6. The van der Waals surface area contributed by atoms with Gasteiger partial charge in [-0.1, -0.05) is 255 Å². The highest BCUT2D eigenvalue weighted by atomic mass is 14.9. The average Bonchev–Trinajstić information content (AvgIpc) is 3.45. The van der Waals surface area contributed by atoms with Crippen LogP contribution < -0.4 is 0 Å². The van der Waals surface area contributed by atoms with E-state index in [1.807, 2.05) is 24.3 Å². The quantitative estimate of drug-likeness (QED) is 0.137. The standard InChI is InChI=1S/C66H44N4/c1-5-15-45(16-6-1)47-27-35-53(36-28-47)63-43-61(51-19-9-3-10-20-51)67-65(69-63)55-39-31-49(32-40-55)57-23-13-26-60-58(24-14-25-59(57)60)50-33-41-56(42-34-50)66-68-62(52-21-11-4-12-22-52)44-64(70-66)54-37-29-48(30-38-54)46-17-7-2-8-18-46/h1-44H. The second-order valence-electron chi connectivity index (χ2n) is 17.4. The van der Waals surface area contributed by atoms with E-state index in [0.29, 0.717) is 11.6 Å². The Bertz CT molecular complexity index is 3490. The Balaban J connectivity index is 0.850. The van der Waals surface area contributed by atoms with Gasteiger partial charge in [-0.15, -0.1) is 0 Å². The molecule has 328 valence electrons. The smallest absolute Gasteiger partial charge is 0.160 e. The van der Waals surface area contributed by atoms with Crippen LogP contribution >= 0.6 is 0 Å². The van der Waals surface area contributed by atoms with Crippen LogP contribution in [0.4, 0.5) is 0 Å². The summed E-state index contributed by atoms with van der Waals surface area (Å²) in [6.45, 7) is 0. The summed E-state index contributed by atoms with van der Waals surface area (Å²) in [5.74, 6) is 1.37. The van der Waals surface area contributed by atoms with Gasteiger partial charge in [-0.25, -0.2) is 19.9 Å². The Hall–Kier alpha value is -9.38. The second-order valence-corrected chi connectivity index (χ2v) is 17.4. The van der Waals surface area contributed by atoms with Crippen molar-refractivity contribution in [3.05, 3.63) is 267 Å². The van der Waals surface area contributed by atoms with Crippen LogP contribution in [-0.4, -0.2) is 19.9 Å². The number of hydrogen-bond donors (Lipinski definition) is 0. The molecule has 12 rings (SSSR count). The first-order valence-corrected chi connectivity index (χ1v) is 23.6. The fraction of sp³-hybridized carbons (Fsp3) is 0. The number of aromatic nitrogens is 4. The fourth-order valence-corrected chi connectivity index (χ4v) is 9.30. The van der Waals surface area contributed by atoms with Gasteiger partial charge < -0.3 is 0 Å². The van der Waals surface area contributed by atoms with Crippen molar-refractivity contribution in [1.82, 2.24) is 19.9 Å². The molecule has 0 unspecified atom stereocenters. The Morgan fingerprint density at radius 2 is 0.414 bits per heavy atom. The molecule has 10 aromatic carbocycles. The Morgan fingerprint density at radius 3 is 0.743 bits per heavy atom. The lowest BCUT2D eigenvalue weighted by Crippen LogP contribution is -1.96. The molecule has 0 saturated heterocycles. The number of benzene rings is 10. The van der Waals surface area contributed by atoms with E-state index >= 15 is 0 Å².